The number of nitrogen functional groups attached to an aromatic ring is 1. The number of benzene rings is 1. The van der Waals surface area contributed by atoms with E-state index in [0.717, 1.165) is 0 Å². The molecule has 0 bridgehead atoms. The lowest BCUT2D eigenvalue weighted by Gasteiger charge is -2.16. The van der Waals surface area contributed by atoms with Gasteiger partial charge in [-0.3, -0.25) is 4.57 Å². The number of nitrogens with two attached hydrogens (primary N) is 1. The van der Waals surface area contributed by atoms with Gasteiger partial charge < -0.3 is 10.9 Å². The fraction of sp³-hybridized carbons (Fsp3) is 0.143. The summed E-state index contributed by atoms with van der Waals surface area (Å²) in [5.41, 5.74) is -1.85. The Labute approximate surface area is 166 Å². The van der Waals surface area contributed by atoms with Gasteiger partial charge in [0.25, 0.3) is 0 Å². The van der Waals surface area contributed by atoms with Crippen LogP contribution in [0.15, 0.2) is 22.2 Å². The van der Waals surface area contributed by atoms with Crippen LogP contribution < -0.4 is 5.73 Å². The van der Waals surface area contributed by atoms with Crippen LogP contribution in [0.5, 0.6) is 0 Å². The Morgan fingerprint density at radius 3 is 2.11 bits per heavy atom. The summed E-state index contributed by atoms with van der Waals surface area (Å²) in [5.74, 6) is -0.683. The number of oxime groups is 1. The highest BCUT2D eigenvalue weighted by molar-refractivity contribution is 8.00. The Bertz CT molecular complexity index is 971. The molecule has 0 spiro atoms. The Hall–Kier alpha value is -2.23. The van der Waals surface area contributed by atoms with E-state index >= 15 is 0 Å². The molecule has 0 atom stereocenters. The summed E-state index contributed by atoms with van der Waals surface area (Å²) in [6.07, 6.45) is -4.21. The number of thioether (sulfide) groups is 1. The van der Waals surface area contributed by atoms with Crippen molar-refractivity contribution in [3.63, 3.8) is 0 Å². The summed E-state index contributed by atoms with van der Waals surface area (Å²) in [6.45, 7) is 0. The Morgan fingerprint density at radius 2 is 1.71 bits per heavy atom. The predicted molar refractivity (Wildman–Crippen MR) is 91.2 cm³/mol. The highest BCUT2D eigenvalue weighted by Gasteiger charge is 2.36. The van der Waals surface area contributed by atoms with Crippen molar-refractivity contribution in [2.75, 3.05) is 5.73 Å². The van der Waals surface area contributed by atoms with E-state index in [0.29, 0.717) is 22.9 Å². The Balaban J connectivity index is 2.88. The van der Waals surface area contributed by atoms with E-state index in [-0.39, 0.29) is 0 Å². The van der Waals surface area contributed by atoms with Crippen molar-refractivity contribution < 1.29 is 31.5 Å². The molecule has 0 saturated carbocycles. The first-order valence-electron chi connectivity index (χ1n) is 6.75. The number of nitrogens with zero attached hydrogens (tertiary/aromatic N) is 3. The number of hydrogen-bond donors (Lipinski definition) is 2. The summed E-state index contributed by atoms with van der Waals surface area (Å²) in [7, 11) is 0. The third-order valence-corrected chi connectivity index (χ3v) is 4.70. The summed E-state index contributed by atoms with van der Waals surface area (Å²) < 4.78 is 77.9. The summed E-state index contributed by atoms with van der Waals surface area (Å²) in [6, 6.07) is 2.47. The van der Waals surface area contributed by atoms with E-state index in [1.165, 1.54) is 6.07 Å². The van der Waals surface area contributed by atoms with Crippen molar-refractivity contribution in [3.05, 3.63) is 39.0 Å². The third kappa shape index (κ3) is 4.26. The van der Waals surface area contributed by atoms with Crippen LogP contribution in [0.4, 0.5) is 32.2 Å². The number of halogens is 8. The van der Waals surface area contributed by atoms with E-state index in [1.54, 1.807) is 0 Å². The summed E-state index contributed by atoms with van der Waals surface area (Å²) >= 11 is 11.0. The molecule has 0 aliphatic rings. The first kappa shape index (κ1) is 22.1. The second kappa shape index (κ2) is 7.65. The highest BCUT2D eigenvalue weighted by Crippen LogP contribution is 2.46. The van der Waals surface area contributed by atoms with Gasteiger partial charge in [0.2, 0.25) is 0 Å². The predicted octanol–water partition coefficient (Wildman–Crippen LogP) is 5.68. The molecule has 0 unspecified atom stereocenters. The van der Waals surface area contributed by atoms with Crippen molar-refractivity contribution in [1.82, 2.24) is 4.57 Å². The van der Waals surface area contributed by atoms with Crippen LogP contribution in [0.25, 0.3) is 5.69 Å². The average molecular weight is 463 g/mol. The maximum atomic E-state index is 12.9. The third-order valence-electron chi connectivity index (χ3n) is 3.28. The zero-order valence-corrected chi connectivity index (χ0v) is 15.4. The molecule has 150 valence electrons. The van der Waals surface area contributed by atoms with Gasteiger partial charge in [-0.15, -0.1) is 0 Å². The lowest BCUT2D eigenvalue weighted by Crippen LogP contribution is -2.10. The molecule has 0 radical (unpaired) electrons. The van der Waals surface area contributed by atoms with Crippen LogP contribution in [0, 0.1) is 11.3 Å². The number of alkyl halides is 6. The van der Waals surface area contributed by atoms with Crippen LogP contribution in [0.2, 0.25) is 10.0 Å². The zero-order valence-electron chi connectivity index (χ0n) is 13.0. The van der Waals surface area contributed by atoms with Gasteiger partial charge in [-0.1, -0.05) is 28.4 Å². The van der Waals surface area contributed by atoms with E-state index < -0.39 is 66.7 Å². The molecule has 14 heteroatoms. The minimum absolute atomic E-state index is 0.422. The number of nitriles is 1. The van der Waals surface area contributed by atoms with Crippen LogP contribution in [-0.4, -0.2) is 21.5 Å². The molecule has 2 rings (SSSR count). The fourth-order valence-corrected chi connectivity index (χ4v) is 3.61. The maximum absolute atomic E-state index is 12.9. The molecular formula is C14H6Cl2F6N4OS. The quantitative estimate of drug-likeness (QED) is 0.202. The van der Waals surface area contributed by atoms with Gasteiger partial charge in [0.15, 0.2) is 0 Å². The van der Waals surface area contributed by atoms with Gasteiger partial charge >= 0.3 is 11.7 Å². The van der Waals surface area contributed by atoms with Crippen molar-refractivity contribution in [2.24, 2.45) is 5.16 Å². The molecule has 3 N–H and O–H groups in total. The van der Waals surface area contributed by atoms with E-state index in [2.05, 4.69) is 5.16 Å². The van der Waals surface area contributed by atoms with Crippen LogP contribution in [-0.2, 0) is 6.18 Å². The summed E-state index contributed by atoms with van der Waals surface area (Å²) in [4.78, 5) is -0.753. The minimum Gasteiger partial charge on any atom is -0.411 e. The van der Waals surface area contributed by atoms with Gasteiger partial charge in [0.05, 0.1) is 43.7 Å². The van der Waals surface area contributed by atoms with Gasteiger partial charge in [-0.25, -0.2) is 0 Å². The van der Waals surface area contributed by atoms with Crippen LogP contribution in [0.3, 0.4) is 0 Å². The Morgan fingerprint density at radius 1 is 1.18 bits per heavy atom. The van der Waals surface area contributed by atoms with Crippen LogP contribution >= 0.6 is 35.0 Å². The first-order valence-corrected chi connectivity index (χ1v) is 8.33. The van der Waals surface area contributed by atoms with E-state index in [4.69, 9.17) is 34.1 Å². The molecule has 0 fully saturated rings. The number of hydrogen-bond acceptors (Lipinski definition) is 5. The van der Waals surface area contributed by atoms with Gasteiger partial charge in [0, 0.05) is 0 Å². The normalized spacial score (nSPS) is 12.5. The second-order valence-electron chi connectivity index (χ2n) is 5.00. The number of aromatic nitrogens is 1. The van der Waals surface area contributed by atoms with Crippen LogP contribution in [0.1, 0.15) is 16.8 Å². The van der Waals surface area contributed by atoms with E-state index in [1.807, 2.05) is 0 Å². The molecule has 1 aromatic heterocycles. The standard InChI is InChI=1S/C14H6Cl2F6N4OS/c15-7-1-5(13(17,18)19)2-8(16)10(7)26-9(4-25-27)6(3-23)11(12(26)24)28-14(20,21)22/h1-2,4,27H,24H2/b25-4-. The zero-order chi connectivity index (χ0) is 21.4. The molecule has 1 aromatic carbocycles. The highest BCUT2D eigenvalue weighted by atomic mass is 35.5. The second-order valence-corrected chi connectivity index (χ2v) is 6.89. The van der Waals surface area contributed by atoms with Crippen molar-refractivity contribution in [2.45, 2.75) is 16.6 Å². The smallest absolute Gasteiger partial charge is 0.411 e. The minimum atomic E-state index is -4.84. The molecule has 5 nitrogen and oxygen atoms in total. The lowest BCUT2D eigenvalue weighted by molar-refractivity contribution is -0.137. The topological polar surface area (TPSA) is 87.3 Å². The molecular weight excluding hydrogens is 457 g/mol. The molecule has 2 aromatic rings. The van der Waals surface area contributed by atoms with Gasteiger partial charge in [-0.05, 0) is 23.9 Å². The van der Waals surface area contributed by atoms with Gasteiger partial charge in [0.1, 0.15) is 11.9 Å². The monoisotopic (exact) mass is 462 g/mol. The lowest BCUT2D eigenvalue weighted by atomic mass is 10.2. The molecule has 28 heavy (non-hydrogen) atoms. The average Bonchev–Trinajstić information content (AvgIpc) is 2.77. The van der Waals surface area contributed by atoms with Gasteiger partial charge in [-0.2, -0.15) is 31.6 Å². The molecule has 0 aliphatic heterocycles. The van der Waals surface area contributed by atoms with E-state index in [9.17, 15) is 31.6 Å². The molecule has 0 amide bonds. The van der Waals surface area contributed by atoms with Crippen molar-refractivity contribution in [1.29, 1.82) is 5.26 Å². The molecule has 0 aliphatic carbocycles. The molecule has 0 saturated heterocycles. The fourth-order valence-electron chi connectivity index (χ4n) is 2.28. The maximum Gasteiger partial charge on any atom is 0.446 e. The SMILES string of the molecule is N#Cc1c(SC(F)(F)F)c(N)n(-c2c(Cl)cc(C(F)(F)F)cc2Cl)c1/C=N\O. The first-order chi connectivity index (χ1) is 12.8. The largest absolute Gasteiger partial charge is 0.446 e. The van der Waals surface area contributed by atoms with Crippen molar-refractivity contribution in [3.8, 4) is 11.8 Å². The molecule has 1 heterocycles. The summed E-state index contributed by atoms with van der Waals surface area (Å²) in [5, 5.41) is 19.5. The van der Waals surface area contributed by atoms with Crippen molar-refractivity contribution >= 4 is 47.0 Å². The number of rotatable bonds is 3. The number of anilines is 1. The Kier molecular flexibility index (Phi) is 6.03.